The highest BCUT2D eigenvalue weighted by atomic mass is 16.3. The molecule has 3 aliphatic rings. The lowest BCUT2D eigenvalue weighted by Crippen LogP contribution is -2.71. The molecule has 172 valence electrons. The van der Waals surface area contributed by atoms with Gasteiger partial charge in [0.05, 0.1) is 12.3 Å². The number of nitrogens with one attached hydrogen (secondary N) is 1. The zero-order valence-corrected chi connectivity index (χ0v) is 19.6. The number of nitrogens with zero attached hydrogens (tertiary/aromatic N) is 3. The van der Waals surface area contributed by atoms with Crippen LogP contribution in [0.3, 0.4) is 0 Å². The number of β-amino-alcohol motifs (C(OH)–C–C–N with tert-alkyl or cyclic N) is 1. The van der Waals surface area contributed by atoms with Crippen molar-refractivity contribution in [1.82, 2.24) is 19.8 Å². The van der Waals surface area contributed by atoms with E-state index in [1.54, 1.807) is 0 Å². The van der Waals surface area contributed by atoms with Crippen LogP contribution in [0.1, 0.15) is 62.6 Å². The van der Waals surface area contributed by atoms with Crippen molar-refractivity contribution >= 4 is 5.91 Å². The second-order valence-electron chi connectivity index (χ2n) is 10.8. The van der Waals surface area contributed by atoms with Gasteiger partial charge in [0.2, 0.25) is 0 Å². The van der Waals surface area contributed by atoms with Crippen LogP contribution >= 0.6 is 0 Å². The summed E-state index contributed by atoms with van der Waals surface area (Å²) >= 11 is 0. The second kappa shape index (κ2) is 7.99. The van der Waals surface area contributed by atoms with Crippen molar-refractivity contribution in [2.75, 3.05) is 19.7 Å². The first-order valence-corrected chi connectivity index (χ1v) is 12.1. The number of rotatable bonds is 5. The molecular weight excluding hydrogens is 400 g/mol. The number of aliphatic hydroxyl groups excluding tert-OH is 1. The molecule has 2 fully saturated rings. The molecule has 3 atom stereocenters. The number of imidazole rings is 1. The molecule has 2 saturated carbocycles. The predicted octanol–water partition coefficient (Wildman–Crippen LogP) is 3.69. The molecule has 2 heterocycles. The lowest BCUT2D eigenvalue weighted by atomic mass is 9.40. The Bertz CT molecular complexity index is 999. The fourth-order valence-electron chi connectivity index (χ4n) is 7.17. The Balaban J connectivity index is 1.48. The van der Waals surface area contributed by atoms with E-state index in [0.29, 0.717) is 24.7 Å². The summed E-state index contributed by atoms with van der Waals surface area (Å²) in [5.74, 6) is 1.49. The molecule has 32 heavy (non-hydrogen) atoms. The van der Waals surface area contributed by atoms with Gasteiger partial charge in [-0.1, -0.05) is 63.9 Å². The Morgan fingerprint density at radius 3 is 2.72 bits per heavy atom. The molecule has 1 aromatic heterocycles. The molecule has 6 heteroatoms. The molecule has 5 rings (SSSR count). The van der Waals surface area contributed by atoms with Crippen molar-refractivity contribution in [1.29, 1.82) is 0 Å². The van der Waals surface area contributed by atoms with Gasteiger partial charge in [0.25, 0.3) is 5.91 Å². The summed E-state index contributed by atoms with van der Waals surface area (Å²) in [5.41, 5.74) is 2.83. The molecule has 2 aliphatic carbocycles. The van der Waals surface area contributed by atoms with E-state index in [4.69, 9.17) is 4.98 Å². The molecule has 1 amide bonds. The van der Waals surface area contributed by atoms with Crippen LogP contribution in [-0.4, -0.2) is 51.2 Å². The highest BCUT2D eigenvalue weighted by Gasteiger charge is 2.64. The first kappa shape index (κ1) is 21.7. The molecule has 2 N–H and O–H groups in total. The maximum atomic E-state index is 13.7. The van der Waals surface area contributed by atoms with Crippen LogP contribution in [0.5, 0.6) is 0 Å². The van der Waals surface area contributed by atoms with Crippen molar-refractivity contribution in [2.24, 2.45) is 16.7 Å². The first-order chi connectivity index (χ1) is 15.4. The maximum absolute atomic E-state index is 13.7. The number of benzene rings is 1. The fraction of sp³-hybridized carbons (Fsp3) is 0.615. The smallest absolute Gasteiger partial charge is 0.272 e. The molecule has 1 aliphatic heterocycles. The number of carbonyl (C=O) groups is 1. The van der Waals surface area contributed by atoms with E-state index < -0.39 is 0 Å². The molecule has 0 spiro atoms. The van der Waals surface area contributed by atoms with Gasteiger partial charge in [0.15, 0.2) is 5.69 Å². The molecular formula is C26H36N4O2. The van der Waals surface area contributed by atoms with Gasteiger partial charge in [0.1, 0.15) is 5.82 Å². The Kier molecular flexibility index (Phi) is 5.41. The number of hydrogen-bond acceptors (Lipinski definition) is 4. The van der Waals surface area contributed by atoms with Gasteiger partial charge in [-0.25, -0.2) is 4.98 Å². The largest absolute Gasteiger partial charge is 0.395 e. The molecule has 1 aromatic carbocycles. The SMILES string of the molecule is CC1(C)C2CCCCC2(C)C1NC(=O)c1nc(-c2ccccc2)n2c1CN(CCO)CC2. The van der Waals surface area contributed by atoms with E-state index in [-0.39, 0.29) is 29.4 Å². The summed E-state index contributed by atoms with van der Waals surface area (Å²) in [6, 6.07) is 10.3. The summed E-state index contributed by atoms with van der Waals surface area (Å²) in [5, 5.41) is 12.9. The van der Waals surface area contributed by atoms with Crippen molar-refractivity contribution in [3.8, 4) is 11.4 Å². The van der Waals surface area contributed by atoms with E-state index in [9.17, 15) is 9.90 Å². The Morgan fingerprint density at radius 2 is 1.97 bits per heavy atom. The molecule has 0 radical (unpaired) electrons. The lowest BCUT2D eigenvalue weighted by Gasteiger charge is -2.67. The summed E-state index contributed by atoms with van der Waals surface area (Å²) < 4.78 is 2.20. The number of fused-ring (bicyclic) bond motifs is 2. The number of amides is 1. The van der Waals surface area contributed by atoms with E-state index >= 15 is 0 Å². The Hall–Kier alpha value is -2.18. The number of hydrogen-bond donors (Lipinski definition) is 2. The number of aromatic nitrogens is 2. The van der Waals surface area contributed by atoms with E-state index in [1.807, 2.05) is 18.2 Å². The van der Waals surface area contributed by atoms with Gasteiger partial charge < -0.3 is 15.0 Å². The van der Waals surface area contributed by atoms with Crippen LogP contribution in [-0.2, 0) is 13.1 Å². The third-order valence-electron chi connectivity index (χ3n) is 8.58. The first-order valence-electron chi connectivity index (χ1n) is 12.1. The van der Waals surface area contributed by atoms with Crippen LogP contribution in [0, 0.1) is 16.7 Å². The monoisotopic (exact) mass is 436 g/mol. The average Bonchev–Trinajstić information content (AvgIpc) is 3.17. The summed E-state index contributed by atoms with van der Waals surface area (Å²) in [4.78, 5) is 20.8. The highest BCUT2D eigenvalue weighted by molar-refractivity contribution is 5.94. The van der Waals surface area contributed by atoms with E-state index in [2.05, 4.69) is 47.7 Å². The summed E-state index contributed by atoms with van der Waals surface area (Å²) in [6.07, 6.45) is 5.01. The van der Waals surface area contributed by atoms with Gasteiger partial charge in [0, 0.05) is 37.8 Å². The quantitative estimate of drug-likeness (QED) is 0.750. The van der Waals surface area contributed by atoms with Crippen molar-refractivity contribution in [3.63, 3.8) is 0 Å². The van der Waals surface area contributed by atoms with Crippen LogP contribution in [0.15, 0.2) is 30.3 Å². The van der Waals surface area contributed by atoms with Crippen molar-refractivity contribution in [2.45, 2.75) is 65.6 Å². The van der Waals surface area contributed by atoms with Gasteiger partial charge in [-0.05, 0) is 29.6 Å². The van der Waals surface area contributed by atoms with E-state index in [0.717, 1.165) is 30.2 Å². The van der Waals surface area contributed by atoms with Gasteiger partial charge in [-0.3, -0.25) is 9.69 Å². The topological polar surface area (TPSA) is 70.4 Å². The van der Waals surface area contributed by atoms with Crippen molar-refractivity contribution < 1.29 is 9.90 Å². The molecule has 0 bridgehead atoms. The zero-order chi connectivity index (χ0) is 22.5. The standard InChI is InChI=1S/C26H36N4O2/c1-25(2)20-11-7-8-12-26(20,3)24(25)28-23(32)21-19-17-29(15-16-31)13-14-30(19)22(27-21)18-9-5-4-6-10-18/h4-6,9-10,20,24,31H,7-8,11-17H2,1-3H3,(H,28,32). The third-order valence-corrected chi connectivity index (χ3v) is 8.58. The third kappa shape index (κ3) is 3.30. The fourth-order valence-corrected chi connectivity index (χ4v) is 7.17. The van der Waals surface area contributed by atoms with Gasteiger partial charge in [-0.2, -0.15) is 0 Å². The van der Waals surface area contributed by atoms with Crippen LogP contribution in [0.2, 0.25) is 0 Å². The number of carbonyl (C=O) groups excluding carboxylic acids is 1. The molecule has 6 nitrogen and oxygen atoms in total. The van der Waals surface area contributed by atoms with Crippen LogP contribution in [0.4, 0.5) is 0 Å². The van der Waals surface area contributed by atoms with Gasteiger partial charge in [-0.15, -0.1) is 0 Å². The lowest BCUT2D eigenvalue weighted by molar-refractivity contribution is -0.156. The normalized spacial score (nSPS) is 29.0. The minimum Gasteiger partial charge on any atom is -0.395 e. The van der Waals surface area contributed by atoms with Crippen LogP contribution < -0.4 is 5.32 Å². The summed E-state index contributed by atoms with van der Waals surface area (Å²) in [7, 11) is 0. The summed E-state index contributed by atoms with van der Waals surface area (Å²) in [6.45, 7) is 9.99. The predicted molar refractivity (Wildman–Crippen MR) is 125 cm³/mol. The number of aliphatic hydroxyl groups is 1. The maximum Gasteiger partial charge on any atom is 0.272 e. The Labute approximate surface area is 191 Å². The van der Waals surface area contributed by atoms with Crippen LogP contribution in [0.25, 0.3) is 11.4 Å². The molecule has 3 unspecified atom stereocenters. The average molecular weight is 437 g/mol. The highest BCUT2D eigenvalue weighted by Crippen LogP contribution is 2.65. The molecule has 0 saturated heterocycles. The Morgan fingerprint density at radius 1 is 1.19 bits per heavy atom. The zero-order valence-electron chi connectivity index (χ0n) is 19.6. The molecule has 2 aromatic rings. The minimum atomic E-state index is -0.0508. The van der Waals surface area contributed by atoms with Crippen molar-refractivity contribution in [3.05, 3.63) is 41.7 Å². The van der Waals surface area contributed by atoms with E-state index in [1.165, 1.54) is 25.7 Å². The second-order valence-corrected chi connectivity index (χ2v) is 10.8. The van der Waals surface area contributed by atoms with Gasteiger partial charge >= 0.3 is 0 Å². The minimum absolute atomic E-state index is 0.0508.